The van der Waals surface area contributed by atoms with Crippen LogP contribution < -0.4 is 0 Å². The van der Waals surface area contributed by atoms with Crippen LogP contribution >= 0.6 is 0 Å². The van der Waals surface area contributed by atoms with Gasteiger partial charge >= 0.3 is 0 Å². The maximum atomic E-state index is 12.7. The van der Waals surface area contributed by atoms with Gasteiger partial charge in [-0.3, -0.25) is 0 Å². The van der Waals surface area contributed by atoms with Crippen LogP contribution in [0.25, 0.3) is 0 Å². The predicted molar refractivity (Wildman–Crippen MR) is 131 cm³/mol. The average molecular weight is 414 g/mol. The second-order valence-corrected chi connectivity index (χ2v) is 8.39. The Morgan fingerprint density at radius 3 is 1.94 bits per heavy atom. The van der Waals surface area contributed by atoms with Crippen molar-refractivity contribution in [2.45, 2.75) is 63.8 Å². The number of carbonyl (C=O) groups is 1. The molecule has 1 heterocycles. The summed E-state index contributed by atoms with van der Waals surface area (Å²) in [4.78, 5) is 14.9. The van der Waals surface area contributed by atoms with Gasteiger partial charge in [0.2, 0.25) is 0 Å². The van der Waals surface area contributed by atoms with Crippen molar-refractivity contribution >= 4 is 6.29 Å². The van der Waals surface area contributed by atoms with E-state index >= 15 is 0 Å². The molecule has 0 N–H and O–H groups in total. The normalized spacial score (nSPS) is 14.9. The fourth-order valence-electron chi connectivity index (χ4n) is 4.35. The molecule has 0 bridgehead atoms. The van der Waals surface area contributed by atoms with Crippen LogP contribution in [0.15, 0.2) is 96.9 Å². The molecule has 2 nitrogen and oxygen atoms in total. The van der Waals surface area contributed by atoms with Gasteiger partial charge in [-0.2, -0.15) is 0 Å². The van der Waals surface area contributed by atoms with Crippen LogP contribution in [0, 0.1) is 0 Å². The highest BCUT2D eigenvalue weighted by Gasteiger charge is 2.36. The summed E-state index contributed by atoms with van der Waals surface area (Å²) >= 11 is 0. The fraction of sp³-hybridized carbons (Fsp3) is 0.345. The first-order chi connectivity index (χ1) is 15.3. The quantitative estimate of drug-likeness (QED) is 0.348. The third-order valence-electron chi connectivity index (χ3n) is 6.07. The standard InChI is InChI=1S/C29H35NO/c1-2-3-20-28-21-10-11-24-30(28)29(25-31,22-12-18-26-14-6-4-7-15-26)23-13-19-27-16-8-5-9-17-27/h4-11,14-17,20-21,24-25H,2-3,12-13,18-19,22-23H2,1H3/b28-20+. The molecule has 162 valence electrons. The van der Waals surface area contributed by atoms with E-state index in [0.717, 1.165) is 57.1 Å². The monoisotopic (exact) mass is 413 g/mol. The van der Waals surface area contributed by atoms with Gasteiger partial charge in [0.25, 0.3) is 0 Å². The maximum absolute atomic E-state index is 12.7. The van der Waals surface area contributed by atoms with Gasteiger partial charge in [0.1, 0.15) is 6.29 Å². The molecule has 3 rings (SSSR count). The van der Waals surface area contributed by atoms with Gasteiger partial charge in [0.15, 0.2) is 0 Å². The Labute approximate surface area is 188 Å². The highest BCUT2D eigenvalue weighted by molar-refractivity contribution is 5.66. The van der Waals surface area contributed by atoms with E-state index in [-0.39, 0.29) is 0 Å². The van der Waals surface area contributed by atoms with E-state index < -0.39 is 5.54 Å². The molecule has 0 spiro atoms. The van der Waals surface area contributed by atoms with Crippen molar-refractivity contribution in [1.29, 1.82) is 0 Å². The first-order valence-electron chi connectivity index (χ1n) is 11.7. The Morgan fingerprint density at radius 2 is 1.42 bits per heavy atom. The summed E-state index contributed by atoms with van der Waals surface area (Å²) in [6.45, 7) is 2.19. The second-order valence-electron chi connectivity index (χ2n) is 8.39. The van der Waals surface area contributed by atoms with Gasteiger partial charge in [-0.05, 0) is 68.2 Å². The summed E-state index contributed by atoms with van der Waals surface area (Å²) in [6, 6.07) is 21.2. The molecular formula is C29H35NO. The van der Waals surface area contributed by atoms with Crippen LogP contribution in [0.5, 0.6) is 0 Å². The van der Waals surface area contributed by atoms with Crippen LogP contribution in [0.1, 0.15) is 56.6 Å². The molecule has 1 aliphatic heterocycles. The van der Waals surface area contributed by atoms with Crippen LogP contribution in [0.3, 0.4) is 0 Å². The summed E-state index contributed by atoms with van der Waals surface area (Å²) in [5, 5.41) is 0. The summed E-state index contributed by atoms with van der Waals surface area (Å²) in [6.07, 6.45) is 19.6. The van der Waals surface area contributed by atoms with Crippen molar-refractivity contribution in [3.63, 3.8) is 0 Å². The Kier molecular flexibility index (Phi) is 8.90. The summed E-state index contributed by atoms with van der Waals surface area (Å²) in [5.74, 6) is 0. The third kappa shape index (κ3) is 6.55. The lowest BCUT2D eigenvalue weighted by Crippen LogP contribution is -2.47. The first-order valence-corrected chi connectivity index (χ1v) is 11.7. The smallest absolute Gasteiger partial charge is 0.145 e. The summed E-state index contributed by atoms with van der Waals surface area (Å²) in [5.41, 5.74) is 3.31. The minimum absolute atomic E-state index is 0.510. The van der Waals surface area contributed by atoms with Crippen LogP contribution in [-0.2, 0) is 17.6 Å². The number of hydrogen-bond acceptors (Lipinski definition) is 2. The molecule has 0 fully saturated rings. The number of benzene rings is 2. The Hall–Kier alpha value is -2.87. The third-order valence-corrected chi connectivity index (χ3v) is 6.07. The van der Waals surface area contributed by atoms with E-state index in [1.165, 1.54) is 17.4 Å². The predicted octanol–water partition coefficient (Wildman–Crippen LogP) is 7.04. The molecule has 2 heteroatoms. The topological polar surface area (TPSA) is 20.3 Å². The van der Waals surface area contributed by atoms with E-state index in [2.05, 4.69) is 103 Å². The van der Waals surface area contributed by atoms with Crippen LogP contribution in [0.4, 0.5) is 0 Å². The zero-order chi connectivity index (χ0) is 21.8. The van der Waals surface area contributed by atoms with Gasteiger partial charge in [-0.1, -0.05) is 86.2 Å². The van der Waals surface area contributed by atoms with Crippen LogP contribution in [0.2, 0.25) is 0 Å². The van der Waals surface area contributed by atoms with Crippen molar-refractivity contribution in [2.24, 2.45) is 0 Å². The molecule has 0 saturated carbocycles. The SMILES string of the molecule is CCC/C=C1\C=CC=CN1C(C=O)(CCCc1ccccc1)CCCc1ccccc1. The molecule has 1 aliphatic rings. The molecule has 2 aromatic carbocycles. The van der Waals surface area contributed by atoms with E-state index in [1.54, 1.807) is 0 Å². The molecule has 0 radical (unpaired) electrons. The Balaban J connectivity index is 1.77. The number of unbranched alkanes of at least 4 members (excludes halogenated alkanes) is 1. The number of aldehydes is 1. The lowest BCUT2D eigenvalue weighted by Gasteiger charge is -2.41. The van der Waals surface area contributed by atoms with Gasteiger partial charge in [-0.25, -0.2) is 0 Å². The lowest BCUT2D eigenvalue weighted by atomic mass is 9.84. The van der Waals surface area contributed by atoms with E-state index in [9.17, 15) is 4.79 Å². The van der Waals surface area contributed by atoms with Crippen LogP contribution in [-0.4, -0.2) is 16.7 Å². The van der Waals surface area contributed by atoms with E-state index in [0.29, 0.717) is 0 Å². The highest BCUT2D eigenvalue weighted by Crippen LogP contribution is 2.33. The minimum Gasteiger partial charge on any atom is -0.335 e. The molecule has 0 aliphatic carbocycles. The largest absolute Gasteiger partial charge is 0.335 e. The minimum atomic E-state index is -0.510. The molecule has 0 unspecified atom stereocenters. The zero-order valence-electron chi connectivity index (χ0n) is 18.7. The zero-order valence-corrected chi connectivity index (χ0v) is 18.7. The molecule has 0 amide bonds. The Bertz CT molecular complexity index is 834. The van der Waals surface area contributed by atoms with Crippen molar-refractivity contribution in [2.75, 3.05) is 0 Å². The molecule has 0 saturated heterocycles. The number of hydrogen-bond donors (Lipinski definition) is 0. The molecular weight excluding hydrogens is 378 g/mol. The number of carbonyl (C=O) groups excluding carboxylic acids is 1. The molecule has 0 atom stereocenters. The number of allylic oxidation sites excluding steroid dienone is 4. The van der Waals surface area contributed by atoms with Crippen molar-refractivity contribution < 1.29 is 4.79 Å². The fourth-order valence-corrected chi connectivity index (χ4v) is 4.35. The number of aryl methyl sites for hydroxylation is 2. The molecule has 2 aromatic rings. The second kappa shape index (κ2) is 12.1. The van der Waals surface area contributed by atoms with Gasteiger partial charge in [0.05, 0.1) is 5.54 Å². The van der Waals surface area contributed by atoms with Crippen molar-refractivity contribution in [3.8, 4) is 0 Å². The lowest BCUT2D eigenvalue weighted by molar-refractivity contribution is -0.117. The van der Waals surface area contributed by atoms with E-state index in [1.807, 2.05) is 0 Å². The first kappa shape index (κ1) is 22.8. The van der Waals surface area contributed by atoms with Gasteiger partial charge in [-0.15, -0.1) is 0 Å². The number of rotatable bonds is 12. The van der Waals surface area contributed by atoms with Crippen molar-refractivity contribution in [1.82, 2.24) is 4.90 Å². The summed E-state index contributed by atoms with van der Waals surface area (Å²) < 4.78 is 0. The highest BCUT2D eigenvalue weighted by atomic mass is 16.1. The average Bonchev–Trinajstić information content (AvgIpc) is 2.83. The van der Waals surface area contributed by atoms with Gasteiger partial charge in [0, 0.05) is 11.9 Å². The molecule has 31 heavy (non-hydrogen) atoms. The summed E-state index contributed by atoms with van der Waals surface area (Å²) in [7, 11) is 0. The maximum Gasteiger partial charge on any atom is 0.145 e. The van der Waals surface area contributed by atoms with Gasteiger partial charge < -0.3 is 9.69 Å². The van der Waals surface area contributed by atoms with Crippen molar-refractivity contribution in [3.05, 3.63) is 108 Å². The molecule has 0 aromatic heterocycles. The van der Waals surface area contributed by atoms with E-state index in [4.69, 9.17) is 0 Å². The number of nitrogens with zero attached hydrogens (tertiary/aromatic N) is 1. The Morgan fingerprint density at radius 1 is 0.839 bits per heavy atom.